The Labute approximate surface area is 178 Å². The standard InChI is InChI=1S/C22H26F3N3O3/c1-14-11-16(13-28(2)21(14)30)15-6-7-17(18(12-15)26-9-8-22(23,24)25)27-20(29)19-5-3-4-10-31-19/h6-7,11-13,19,26H,3-5,8-10H2,1-2H3,(H,27,29). The number of halogens is 3. The number of carbonyl (C=O) groups is 1. The summed E-state index contributed by atoms with van der Waals surface area (Å²) in [7, 11) is 1.64. The minimum atomic E-state index is -4.29. The second-order valence-corrected chi connectivity index (χ2v) is 7.72. The molecule has 1 saturated heterocycles. The molecule has 1 aliphatic heterocycles. The Bertz CT molecular complexity index is 969. The van der Waals surface area contributed by atoms with Gasteiger partial charge in [-0.05, 0) is 55.5 Å². The van der Waals surface area contributed by atoms with Crippen molar-refractivity contribution in [3.8, 4) is 11.1 Å². The van der Waals surface area contributed by atoms with E-state index in [2.05, 4.69) is 10.6 Å². The zero-order valence-electron chi connectivity index (χ0n) is 17.5. The second-order valence-electron chi connectivity index (χ2n) is 7.72. The fourth-order valence-corrected chi connectivity index (χ4v) is 3.51. The van der Waals surface area contributed by atoms with Crippen LogP contribution in [-0.4, -0.2) is 35.9 Å². The lowest BCUT2D eigenvalue weighted by atomic mass is 10.0. The first-order valence-corrected chi connectivity index (χ1v) is 10.2. The summed E-state index contributed by atoms with van der Waals surface area (Å²) in [6.07, 6.45) is -1.80. The van der Waals surface area contributed by atoms with E-state index in [-0.39, 0.29) is 18.0 Å². The van der Waals surface area contributed by atoms with E-state index < -0.39 is 18.7 Å². The topological polar surface area (TPSA) is 72.4 Å². The highest BCUT2D eigenvalue weighted by molar-refractivity contribution is 5.97. The molecular formula is C22H26F3N3O3. The fraction of sp³-hybridized carbons (Fsp3) is 0.455. The van der Waals surface area contributed by atoms with Crippen LogP contribution in [0.15, 0.2) is 35.3 Å². The molecule has 1 aromatic carbocycles. The Hall–Kier alpha value is -2.81. The van der Waals surface area contributed by atoms with E-state index in [0.29, 0.717) is 35.5 Å². The molecule has 2 aromatic rings. The Kier molecular flexibility index (Phi) is 7.04. The lowest BCUT2D eigenvalue weighted by Crippen LogP contribution is -2.33. The largest absolute Gasteiger partial charge is 0.390 e. The number of carbonyl (C=O) groups excluding carboxylic acids is 1. The molecule has 1 fully saturated rings. The molecule has 2 N–H and O–H groups in total. The quantitative estimate of drug-likeness (QED) is 0.710. The first kappa shape index (κ1) is 22.9. The highest BCUT2D eigenvalue weighted by atomic mass is 19.4. The minimum absolute atomic E-state index is 0.122. The van der Waals surface area contributed by atoms with E-state index in [9.17, 15) is 22.8 Å². The molecule has 168 valence electrons. The maximum absolute atomic E-state index is 12.6. The first-order chi connectivity index (χ1) is 14.6. The minimum Gasteiger partial charge on any atom is -0.383 e. The van der Waals surface area contributed by atoms with Gasteiger partial charge in [0.2, 0.25) is 0 Å². The number of amides is 1. The summed E-state index contributed by atoms with van der Waals surface area (Å²) in [5, 5.41) is 5.56. The molecule has 1 aliphatic rings. The monoisotopic (exact) mass is 437 g/mol. The van der Waals surface area contributed by atoms with Crippen LogP contribution < -0.4 is 16.2 Å². The molecule has 1 amide bonds. The second kappa shape index (κ2) is 9.55. The van der Waals surface area contributed by atoms with Crippen LogP contribution in [-0.2, 0) is 16.6 Å². The van der Waals surface area contributed by atoms with E-state index in [1.807, 2.05) is 0 Å². The zero-order chi connectivity index (χ0) is 22.6. The number of alkyl halides is 3. The Morgan fingerprint density at radius 2 is 1.97 bits per heavy atom. The van der Waals surface area contributed by atoms with Gasteiger partial charge in [0.1, 0.15) is 6.10 Å². The van der Waals surface area contributed by atoms with Gasteiger partial charge in [0, 0.05) is 32.0 Å². The van der Waals surface area contributed by atoms with Crippen LogP contribution in [0.25, 0.3) is 11.1 Å². The fourth-order valence-electron chi connectivity index (χ4n) is 3.51. The third kappa shape index (κ3) is 6.10. The number of benzene rings is 1. The normalized spacial score (nSPS) is 16.7. The number of hydrogen-bond donors (Lipinski definition) is 2. The molecule has 6 nitrogen and oxygen atoms in total. The lowest BCUT2D eigenvalue weighted by molar-refractivity contribution is -0.131. The van der Waals surface area contributed by atoms with Gasteiger partial charge >= 0.3 is 6.18 Å². The van der Waals surface area contributed by atoms with Gasteiger partial charge in [-0.1, -0.05) is 6.07 Å². The number of aryl methyl sites for hydroxylation is 2. The maximum atomic E-state index is 12.6. The number of ether oxygens (including phenoxy) is 1. The van der Waals surface area contributed by atoms with Crippen molar-refractivity contribution < 1.29 is 22.7 Å². The van der Waals surface area contributed by atoms with Crippen molar-refractivity contribution >= 4 is 17.3 Å². The van der Waals surface area contributed by atoms with Crippen LogP contribution >= 0.6 is 0 Å². The van der Waals surface area contributed by atoms with E-state index in [0.717, 1.165) is 18.4 Å². The first-order valence-electron chi connectivity index (χ1n) is 10.2. The van der Waals surface area contributed by atoms with Crippen LogP contribution in [0.2, 0.25) is 0 Å². The lowest BCUT2D eigenvalue weighted by Gasteiger charge is -2.23. The number of nitrogens with one attached hydrogen (secondary N) is 2. The third-order valence-corrected chi connectivity index (χ3v) is 5.17. The number of rotatable bonds is 6. The average Bonchev–Trinajstić information content (AvgIpc) is 2.72. The molecule has 31 heavy (non-hydrogen) atoms. The summed E-state index contributed by atoms with van der Waals surface area (Å²) in [6, 6.07) is 6.80. The van der Waals surface area contributed by atoms with E-state index >= 15 is 0 Å². The van der Waals surface area contributed by atoms with Gasteiger partial charge in [-0.25, -0.2) is 0 Å². The van der Waals surface area contributed by atoms with Crippen LogP contribution in [0.3, 0.4) is 0 Å². The summed E-state index contributed by atoms with van der Waals surface area (Å²) in [6.45, 7) is 1.88. The number of aromatic nitrogens is 1. The van der Waals surface area contributed by atoms with Gasteiger partial charge in [-0.3, -0.25) is 9.59 Å². The van der Waals surface area contributed by atoms with Crippen molar-refractivity contribution in [3.05, 3.63) is 46.4 Å². The maximum Gasteiger partial charge on any atom is 0.390 e. The molecular weight excluding hydrogens is 411 g/mol. The molecule has 0 aliphatic carbocycles. The molecule has 0 radical (unpaired) electrons. The van der Waals surface area contributed by atoms with E-state index in [1.54, 1.807) is 44.4 Å². The van der Waals surface area contributed by atoms with Gasteiger partial charge in [0.15, 0.2) is 0 Å². The molecule has 1 aromatic heterocycles. The third-order valence-electron chi connectivity index (χ3n) is 5.17. The van der Waals surface area contributed by atoms with Gasteiger partial charge in [0.05, 0.1) is 17.8 Å². The van der Waals surface area contributed by atoms with Gasteiger partial charge in [-0.2, -0.15) is 13.2 Å². The van der Waals surface area contributed by atoms with E-state index in [1.165, 1.54) is 4.57 Å². The SMILES string of the molecule is Cc1cc(-c2ccc(NC(=O)C3CCCCO3)c(NCCC(F)(F)F)c2)cn(C)c1=O. The summed E-state index contributed by atoms with van der Waals surface area (Å²) >= 11 is 0. The van der Waals surface area contributed by atoms with Crippen LogP contribution in [0.1, 0.15) is 31.2 Å². The number of anilines is 2. The summed E-state index contributed by atoms with van der Waals surface area (Å²) in [5.74, 6) is -0.315. The van der Waals surface area contributed by atoms with Crippen molar-refractivity contribution in [2.45, 2.75) is 44.9 Å². The summed E-state index contributed by atoms with van der Waals surface area (Å²) < 4.78 is 44.8. The summed E-state index contributed by atoms with van der Waals surface area (Å²) in [5.41, 5.74) is 2.64. The van der Waals surface area contributed by atoms with Crippen molar-refractivity contribution in [1.29, 1.82) is 0 Å². The Balaban J connectivity index is 1.88. The van der Waals surface area contributed by atoms with Gasteiger partial charge < -0.3 is 19.9 Å². The van der Waals surface area contributed by atoms with Crippen molar-refractivity contribution in [2.75, 3.05) is 23.8 Å². The molecule has 1 atom stereocenters. The number of hydrogen-bond acceptors (Lipinski definition) is 4. The predicted octanol–water partition coefficient (Wildman–Crippen LogP) is 4.23. The number of pyridine rings is 1. The molecule has 9 heteroatoms. The molecule has 0 bridgehead atoms. The van der Waals surface area contributed by atoms with Crippen molar-refractivity contribution in [1.82, 2.24) is 4.57 Å². The van der Waals surface area contributed by atoms with Crippen LogP contribution in [0.4, 0.5) is 24.5 Å². The van der Waals surface area contributed by atoms with Gasteiger partial charge in [-0.15, -0.1) is 0 Å². The Morgan fingerprint density at radius 3 is 2.61 bits per heavy atom. The molecule has 0 saturated carbocycles. The van der Waals surface area contributed by atoms with Gasteiger partial charge in [0.25, 0.3) is 11.5 Å². The highest BCUT2D eigenvalue weighted by Gasteiger charge is 2.27. The predicted molar refractivity (Wildman–Crippen MR) is 113 cm³/mol. The van der Waals surface area contributed by atoms with E-state index in [4.69, 9.17) is 4.74 Å². The van der Waals surface area contributed by atoms with Crippen molar-refractivity contribution in [2.24, 2.45) is 7.05 Å². The molecule has 3 rings (SSSR count). The van der Waals surface area contributed by atoms with Crippen molar-refractivity contribution in [3.63, 3.8) is 0 Å². The average molecular weight is 437 g/mol. The van der Waals surface area contributed by atoms with Crippen LogP contribution in [0, 0.1) is 6.92 Å². The molecule has 1 unspecified atom stereocenters. The zero-order valence-corrected chi connectivity index (χ0v) is 17.5. The number of nitrogens with zero attached hydrogens (tertiary/aromatic N) is 1. The van der Waals surface area contributed by atoms with Crippen LogP contribution in [0.5, 0.6) is 0 Å². The smallest absolute Gasteiger partial charge is 0.383 e. The molecule has 2 heterocycles. The highest BCUT2D eigenvalue weighted by Crippen LogP contribution is 2.30. The molecule has 0 spiro atoms. The Morgan fingerprint density at radius 1 is 1.19 bits per heavy atom. The summed E-state index contributed by atoms with van der Waals surface area (Å²) in [4.78, 5) is 24.5.